The number of aryl methyl sites for hydroxylation is 1. The molecular weight excluding hydrogens is 285 g/mol. The molecule has 0 atom stereocenters. The SMILES string of the molecule is Cc1cccc(C(=O)O)c1-c1cccc(OC(F)(F)F)c1. The second-order valence-electron chi connectivity index (χ2n) is 4.38. The Labute approximate surface area is 118 Å². The van der Waals surface area contributed by atoms with Crippen LogP contribution in [-0.4, -0.2) is 17.4 Å². The third kappa shape index (κ3) is 3.53. The van der Waals surface area contributed by atoms with Crippen molar-refractivity contribution in [3.05, 3.63) is 53.6 Å². The maximum absolute atomic E-state index is 12.2. The first-order valence-corrected chi connectivity index (χ1v) is 5.97. The standard InChI is InChI=1S/C15H11F3O3/c1-9-4-2-7-12(14(19)20)13(9)10-5-3-6-11(8-10)21-15(16,17)18/h2-8H,1H3,(H,19,20). The lowest BCUT2D eigenvalue weighted by molar-refractivity contribution is -0.274. The fourth-order valence-electron chi connectivity index (χ4n) is 2.08. The van der Waals surface area contributed by atoms with Crippen LogP contribution in [-0.2, 0) is 0 Å². The van der Waals surface area contributed by atoms with Crippen molar-refractivity contribution in [1.82, 2.24) is 0 Å². The van der Waals surface area contributed by atoms with E-state index in [0.29, 0.717) is 16.7 Å². The smallest absolute Gasteiger partial charge is 0.478 e. The van der Waals surface area contributed by atoms with Gasteiger partial charge in [0.2, 0.25) is 0 Å². The van der Waals surface area contributed by atoms with Crippen LogP contribution in [0.5, 0.6) is 5.75 Å². The Morgan fingerprint density at radius 3 is 2.43 bits per heavy atom. The summed E-state index contributed by atoms with van der Waals surface area (Å²) in [7, 11) is 0. The van der Waals surface area contributed by atoms with Gasteiger partial charge in [-0.3, -0.25) is 0 Å². The van der Waals surface area contributed by atoms with Crippen LogP contribution in [0.2, 0.25) is 0 Å². The van der Waals surface area contributed by atoms with Crippen molar-refractivity contribution in [2.45, 2.75) is 13.3 Å². The second-order valence-corrected chi connectivity index (χ2v) is 4.38. The van der Waals surface area contributed by atoms with Crippen LogP contribution in [0.25, 0.3) is 11.1 Å². The lowest BCUT2D eigenvalue weighted by Crippen LogP contribution is -2.17. The van der Waals surface area contributed by atoms with E-state index in [-0.39, 0.29) is 11.3 Å². The number of halogens is 3. The Hall–Kier alpha value is -2.50. The molecule has 2 rings (SSSR count). The molecule has 21 heavy (non-hydrogen) atoms. The molecule has 110 valence electrons. The van der Waals surface area contributed by atoms with Crippen molar-refractivity contribution in [3.8, 4) is 16.9 Å². The molecule has 0 radical (unpaired) electrons. The van der Waals surface area contributed by atoms with Gasteiger partial charge in [-0.15, -0.1) is 13.2 Å². The predicted octanol–water partition coefficient (Wildman–Crippen LogP) is 4.26. The van der Waals surface area contributed by atoms with Crippen molar-refractivity contribution in [2.24, 2.45) is 0 Å². The van der Waals surface area contributed by atoms with Crippen LogP contribution in [0.3, 0.4) is 0 Å². The van der Waals surface area contributed by atoms with E-state index >= 15 is 0 Å². The number of aromatic carboxylic acids is 1. The molecule has 0 aliphatic heterocycles. The third-order valence-corrected chi connectivity index (χ3v) is 2.86. The van der Waals surface area contributed by atoms with Crippen LogP contribution in [0.4, 0.5) is 13.2 Å². The van der Waals surface area contributed by atoms with Crippen LogP contribution < -0.4 is 4.74 Å². The number of carboxylic acids is 1. The molecule has 0 unspecified atom stereocenters. The van der Waals surface area contributed by atoms with Gasteiger partial charge in [0.15, 0.2) is 0 Å². The van der Waals surface area contributed by atoms with E-state index in [9.17, 15) is 23.1 Å². The summed E-state index contributed by atoms with van der Waals surface area (Å²) < 4.78 is 40.6. The highest BCUT2D eigenvalue weighted by Crippen LogP contribution is 2.32. The van der Waals surface area contributed by atoms with Gasteiger partial charge >= 0.3 is 12.3 Å². The first-order chi connectivity index (χ1) is 9.78. The molecule has 0 saturated heterocycles. The van der Waals surface area contributed by atoms with Crippen molar-refractivity contribution >= 4 is 5.97 Å². The molecule has 0 heterocycles. The van der Waals surface area contributed by atoms with E-state index in [4.69, 9.17) is 0 Å². The van der Waals surface area contributed by atoms with Crippen LogP contribution >= 0.6 is 0 Å². The summed E-state index contributed by atoms with van der Waals surface area (Å²) in [6, 6.07) is 9.93. The summed E-state index contributed by atoms with van der Waals surface area (Å²) in [5, 5.41) is 9.20. The fourth-order valence-corrected chi connectivity index (χ4v) is 2.08. The average Bonchev–Trinajstić information content (AvgIpc) is 2.36. The number of ether oxygens (including phenoxy) is 1. The van der Waals surface area contributed by atoms with Gasteiger partial charge in [0, 0.05) is 0 Å². The molecule has 1 N–H and O–H groups in total. The quantitative estimate of drug-likeness (QED) is 0.920. The molecular formula is C15H11F3O3. The maximum Gasteiger partial charge on any atom is 0.573 e. The summed E-state index contributed by atoms with van der Waals surface area (Å²) in [5.41, 5.74) is 1.41. The van der Waals surface area contributed by atoms with Gasteiger partial charge < -0.3 is 9.84 Å². The largest absolute Gasteiger partial charge is 0.573 e. The van der Waals surface area contributed by atoms with E-state index in [2.05, 4.69) is 4.74 Å². The topological polar surface area (TPSA) is 46.5 Å². The molecule has 0 bridgehead atoms. The summed E-state index contributed by atoms with van der Waals surface area (Å²) in [6.45, 7) is 1.69. The second kappa shape index (κ2) is 5.47. The average molecular weight is 296 g/mol. The summed E-state index contributed by atoms with van der Waals surface area (Å²) in [5.74, 6) is -1.53. The molecule has 0 spiro atoms. The molecule has 2 aromatic rings. The molecule has 6 heteroatoms. The van der Waals surface area contributed by atoms with E-state index in [1.165, 1.54) is 24.3 Å². The molecule has 0 amide bonds. The van der Waals surface area contributed by atoms with E-state index in [1.807, 2.05) is 0 Å². The van der Waals surface area contributed by atoms with Gasteiger partial charge in [0.05, 0.1) is 5.56 Å². The van der Waals surface area contributed by atoms with Gasteiger partial charge in [-0.05, 0) is 41.8 Å². The number of hydrogen-bond acceptors (Lipinski definition) is 2. The first-order valence-electron chi connectivity index (χ1n) is 5.97. The van der Waals surface area contributed by atoms with E-state index in [1.54, 1.807) is 19.1 Å². The molecule has 3 nitrogen and oxygen atoms in total. The monoisotopic (exact) mass is 296 g/mol. The van der Waals surface area contributed by atoms with Gasteiger partial charge in [-0.1, -0.05) is 24.3 Å². The summed E-state index contributed by atoms with van der Waals surface area (Å²) in [6.07, 6.45) is -4.79. The summed E-state index contributed by atoms with van der Waals surface area (Å²) >= 11 is 0. The van der Waals surface area contributed by atoms with E-state index in [0.717, 1.165) is 6.07 Å². The number of carbonyl (C=O) groups is 1. The maximum atomic E-state index is 12.2. The lowest BCUT2D eigenvalue weighted by Gasteiger charge is -2.13. The normalized spacial score (nSPS) is 11.2. The Balaban J connectivity index is 2.53. The minimum atomic E-state index is -4.79. The number of alkyl halides is 3. The van der Waals surface area contributed by atoms with Crippen LogP contribution in [0.1, 0.15) is 15.9 Å². The van der Waals surface area contributed by atoms with Crippen molar-refractivity contribution in [1.29, 1.82) is 0 Å². The predicted molar refractivity (Wildman–Crippen MR) is 70.3 cm³/mol. The molecule has 0 fully saturated rings. The van der Waals surface area contributed by atoms with Crippen molar-refractivity contribution in [3.63, 3.8) is 0 Å². The Bertz CT molecular complexity index is 678. The van der Waals surface area contributed by atoms with Gasteiger partial charge in [-0.25, -0.2) is 4.79 Å². The van der Waals surface area contributed by atoms with Gasteiger partial charge in [-0.2, -0.15) is 0 Å². The number of benzene rings is 2. The number of carboxylic acid groups (broad SMARTS) is 1. The van der Waals surface area contributed by atoms with Gasteiger partial charge in [0.1, 0.15) is 5.75 Å². The molecule has 0 aliphatic rings. The Kier molecular flexibility index (Phi) is 3.88. The van der Waals surface area contributed by atoms with E-state index < -0.39 is 12.3 Å². The zero-order valence-electron chi connectivity index (χ0n) is 10.9. The zero-order chi connectivity index (χ0) is 15.6. The number of rotatable bonds is 3. The number of hydrogen-bond donors (Lipinski definition) is 1. The minimum Gasteiger partial charge on any atom is -0.478 e. The van der Waals surface area contributed by atoms with Gasteiger partial charge in [0.25, 0.3) is 0 Å². The summed E-state index contributed by atoms with van der Waals surface area (Å²) in [4.78, 5) is 11.2. The highest BCUT2D eigenvalue weighted by molar-refractivity contribution is 5.97. The molecule has 2 aromatic carbocycles. The molecule has 0 aliphatic carbocycles. The first kappa shape index (κ1) is 14.9. The highest BCUT2D eigenvalue weighted by Gasteiger charge is 2.31. The lowest BCUT2D eigenvalue weighted by atomic mass is 9.95. The van der Waals surface area contributed by atoms with Crippen LogP contribution in [0.15, 0.2) is 42.5 Å². The Morgan fingerprint density at radius 2 is 1.81 bits per heavy atom. The molecule has 0 aromatic heterocycles. The van der Waals surface area contributed by atoms with Crippen molar-refractivity contribution < 1.29 is 27.8 Å². The Morgan fingerprint density at radius 1 is 1.14 bits per heavy atom. The molecule has 0 saturated carbocycles. The van der Waals surface area contributed by atoms with Crippen LogP contribution in [0, 0.1) is 6.92 Å². The fraction of sp³-hybridized carbons (Fsp3) is 0.133. The third-order valence-electron chi connectivity index (χ3n) is 2.86. The minimum absolute atomic E-state index is 0.0270. The highest BCUT2D eigenvalue weighted by atomic mass is 19.4. The zero-order valence-corrected chi connectivity index (χ0v) is 10.9. The van der Waals surface area contributed by atoms with Crippen molar-refractivity contribution in [2.75, 3.05) is 0 Å².